The number of furan rings is 1. The number of aliphatic hydroxyl groups is 2. The van der Waals surface area contributed by atoms with Crippen molar-refractivity contribution < 1.29 is 14.6 Å². The first-order valence-electron chi connectivity index (χ1n) is 5.48. The molecule has 0 aromatic carbocycles. The van der Waals surface area contributed by atoms with Gasteiger partial charge in [0.05, 0.1) is 24.5 Å². The Morgan fingerprint density at radius 1 is 1.44 bits per heavy atom. The normalized spacial score (nSPS) is 30.5. The van der Waals surface area contributed by atoms with Gasteiger partial charge in [-0.05, 0) is 19.1 Å². The van der Waals surface area contributed by atoms with Gasteiger partial charge < -0.3 is 20.4 Å². The molecule has 1 aromatic rings. The molecule has 0 saturated carbocycles. The van der Waals surface area contributed by atoms with Crippen LogP contribution in [0.5, 0.6) is 0 Å². The van der Waals surface area contributed by atoms with Crippen LogP contribution in [-0.4, -0.2) is 46.5 Å². The lowest BCUT2D eigenvalue weighted by atomic mass is 10.1. The van der Waals surface area contributed by atoms with Crippen molar-refractivity contribution in [2.24, 2.45) is 5.73 Å². The van der Waals surface area contributed by atoms with Crippen LogP contribution in [-0.2, 0) is 0 Å². The summed E-state index contributed by atoms with van der Waals surface area (Å²) in [7, 11) is 0. The van der Waals surface area contributed by atoms with Gasteiger partial charge in [-0.15, -0.1) is 0 Å². The maximum Gasteiger partial charge on any atom is 0.122 e. The van der Waals surface area contributed by atoms with Crippen molar-refractivity contribution in [2.45, 2.75) is 31.2 Å². The predicted molar refractivity (Wildman–Crippen MR) is 58.7 cm³/mol. The van der Waals surface area contributed by atoms with Gasteiger partial charge in [-0.2, -0.15) is 0 Å². The zero-order chi connectivity index (χ0) is 11.7. The highest BCUT2D eigenvalue weighted by atomic mass is 16.3. The third-order valence-corrected chi connectivity index (χ3v) is 3.01. The van der Waals surface area contributed by atoms with E-state index in [-0.39, 0.29) is 12.1 Å². The first kappa shape index (κ1) is 11.6. The maximum atomic E-state index is 9.53. The quantitative estimate of drug-likeness (QED) is 0.659. The minimum Gasteiger partial charge on any atom is -0.468 e. The highest BCUT2D eigenvalue weighted by Crippen LogP contribution is 2.27. The second-order valence-corrected chi connectivity index (χ2v) is 4.41. The summed E-state index contributed by atoms with van der Waals surface area (Å²) in [5.74, 6) is 0.774. The fraction of sp³-hybridized carbons (Fsp3) is 0.636. The Hall–Kier alpha value is -0.880. The van der Waals surface area contributed by atoms with E-state index in [2.05, 4.69) is 0 Å². The van der Waals surface area contributed by atoms with Crippen molar-refractivity contribution >= 4 is 0 Å². The Morgan fingerprint density at radius 2 is 2.06 bits per heavy atom. The van der Waals surface area contributed by atoms with Crippen LogP contribution < -0.4 is 5.73 Å². The SMILES string of the molecule is CC(N)C(c1ccco1)N1CC(O)C(O)C1. The van der Waals surface area contributed by atoms with Gasteiger partial charge in [0.25, 0.3) is 0 Å². The smallest absolute Gasteiger partial charge is 0.122 e. The molecule has 2 heterocycles. The van der Waals surface area contributed by atoms with Crippen LogP contribution >= 0.6 is 0 Å². The third-order valence-electron chi connectivity index (χ3n) is 3.01. The average molecular weight is 226 g/mol. The molecule has 0 bridgehead atoms. The molecule has 5 heteroatoms. The molecule has 1 saturated heterocycles. The summed E-state index contributed by atoms with van der Waals surface area (Å²) in [5.41, 5.74) is 5.93. The van der Waals surface area contributed by atoms with Crippen molar-refractivity contribution in [3.63, 3.8) is 0 Å². The van der Waals surface area contributed by atoms with Crippen molar-refractivity contribution in [1.82, 2.24) is 4.90 Å². The van der Waals surface area contributed by atoms with Gasteiger partial charge in [-0.1, -0.05) is 0 Å². The van der Waals surface area contributed by atoms with Crippen LogP contribution in [0.1, 0.15) is 18.7 Å². The molecule has 2 rings (SSSR count). The van der Waals surface area contributed by atoms with Crippen LogP contribution in [0.3, 0.4) is 0 Å². The largest absolute Gasteiger partial charge is 0.468 e. The average Bonchev–Trinajstić information content (AvgIpc) is 2.79. The molecule has 1 fully saturated rings. The number of β-amino-alcohol motifs (C(OH)–C–C–N with tert-alkyl or cyclic N) is 2. The predicted octanol–water partition coefficient (Wildman–Crippen LogP) is -0.295. The van der Waals surface area contributed by atoms with E-state index in [0.29, 0.717) is 13.1 Å². The molecule has 4 unspecified atom stereocenters. The molecular weight excluding hydrogens is 208 g/mol. The molecule has 1 aromatic heterocycles. The van der Waals surface area contributed by atoms with Crippen molar-refractivity contribution in [1.29, 1.82) is 0 Å². The van der Waals surface area contributed by atoms with E-state index >= 15 is 0 Å². The Labute approximate surface area is 94.5 Å². The van der Waals surface area contributed by atoms with Crippen molar-refractivity contribution in [2.75, 3.05) is 13.1 Å². The Kier molecular flexibility index (Phi) is 3.30. The highest BCUT2D eigenvalue weighted by molar-refractivity contribution is 5.09. The summed E-state index contributed by atoms with van der Waals surface area (Å²) < 4.78 is 5.35. The second-order valence-electron chi connectivity index (χ2n) is 4.41. The summed E-state index contributed by atoms with van der Waals surface area (Å²) >= 11 is 0. The standard InChI is InChI=1S/C11H18N2O3/c1-7(12)11(10-3-2-4-16-10)13-5-8(14)9(15)6-13/h2-4,7-9,11,14-15H,5-6,12H2,1H3. The van der Waals surface area contributed by atoms with Crippen LogP contribution in [0.2, 0.25) is 0 Å². The molecule has 5 nitrogen and oxygen atoms in total. The van der Waals surface area contributed by atoms with E-state index in [1.54, 1.807) is 6.26 Å². The molecule has 0 radical (unpaired) electrons. The molecule has 1 aliphatic rings. The molecule has 4 atom stereocenters. The lowest BCUT2D eigenvalue weighted by Crippen LogP contribution is -2.38. The molecule has 90 valence electrons. The number of aliphatic hydroxyl groups excluding tert-OH is 2. The summed E-state index contributed by atoms with van der Waals surface area (Å²) in [6, 6.07) is 3.46. The van der Waals surface area contributed by atoms with Crippen LogP contribution in [0.4, 0.5) is 0 Å². The van der Waals surface area contributed by atoms with Gasteiger partial charge in [0.2, 0.25) is 0 Å². The molecule has 0 spiro atoms. The van der Waals surface area contributed by atoms with Gasteiger partial charge in [0, 0.05) is 19.1 Å². The number of likely N-dealkylation sites (tertiary alicyclic amines) is 1. The van der Waals surface area contributed by atoms with Crippen LogP contribution in [0.15, 0.2) is 22.8 Å². The number of rotatable bonds is 3. The Bertz CT molecular complexity index is 316. The van der Waals surface area contributed by atoms with Gasteiger partial charge in [-0.25, -0.2) is 0 Å². The number of hydrogen-bond acceptors (Lipinski definition) is 5. The number of nitrogens with zero attached hydrogens (tertiary/aromatic N) is 1. The van der Waals surface area contributed by atoms with Crippen LogP contribution in [0.25, 0.3) is 0 Å². The monoisotopic (exact) mass is 226 g/mol. The lowest BCUT2D eigenvalue weighted by Gasteiger charge is -2.28. The summed E-state index contributed by atoms with van der Waals surface area (Å²) in [6.45, 7) is 2.74. The molecule has 0 amide bonds. The Balaban J connectivity index is 2.15. The summed E-state index contributed by atoms with van der Waals surface area (Å²) in [4.78, 5) is 1.96. The zero-order valence-electron chi connectivity index (χ0n) is 9.28. The topological polar surface area (TPSA) is 82.9 Å². The van der Waals surface area contributed by atoms with Gasteiger partial charge in [0.15, 0.2) is 0 Å². The summed E-state index contributed by atoms with van der Waals surface area (Å²) in [5, 5.41) is 19.1. The third kappa shape index (κ3) is 2.12. The van der Waals surface area contributed by atoms with Gasteiger partial charge in [0.1, 0.15) is 5.76 Å². The molecule has 4 N–H and O–H groups in total. The minimum absolute atomic E-state index is 0.0956. The van der Waals surface area contributed by atoms with E-state index < -0.39 is 12.2 Å². The van der Waals surface area contributed by atoms with Crippen molar-refractivity contribution in [3.05, 3.63) is 24.2 Å². The van der Waals surface area contributed by atoms with E-state index in [1.165, 1.54) is 0 Å². The van der Waals surface area contributed by atoms with Gasteiger partial charge >= 0.3 is 0 Å². The zero-order valence-corrected chi connectivity index (χ0v) is 9.28. The first-order chi connectivity index (χ1) is 7.59. The van der Waals surface area contributed by atoms with Crippen LogP contribution in [0, 0.1) is 0 Å². The maximum absolute atomic E-state index is 9.53. The molecule has 16 heavy (non-hydrogen) atoms. The fourth-order valence-electron chi connectivity index (χ4n) is 2.26. The van der Waals surface area contributed by atoms with Gasteiger partial charge in [-0.3, -0.25) is 4.90 Å². The minimum atomic E-state index is -0.698. The van der Waals surface area contributed by atoms with E-state index in [9.17, 15) is 10.2 Å². The molecule has 1 aliphatic heterocycles. The lowest BCUT2D eigenvalue weighted by molar-refractivity contribution is 0.0572. The van der Waals surface area contributed by atoms with E-state index in [4.69, 9.17) is 10.2 Å². The van der Waals surface area contributed by atoms with Crippen molar-refractivity contribution in [3.8, 4) is 0 Å². The fourth-order valence-corrected chi connectivity index (χ4v) is 2.26. The molecule has 0 aliphatic carbocycles. The second kappa shape index (κ2) is 4.55. The molecular formula is C11H18N2O3. The number of nitrogens with two attached hydrogens (primary N) is 1. The summed E-state index contributed by atoms with van der Waals surface area (Å²) in [6.07, 6.45) is 0.209. The first-order valence-corrected chi connectivity index (χ1v) is 5.48. The van der Waals surface area contributed by atoms with E-state index in [0.717, 1.165) is 5.76 Å². The number of hydrogen-bond donors (Lipinski definition) is 3. The van der Waals surface area contributed by atoms with E-state index in [1.807, 2.05) is 24.0 Å². The highest BCUT2D eigenvalue weighted by Gasteiger charge is 2.36. The Morgan fingerprint density at radius 3 is 2.50 bits per heavy atom.